The quantitative estimate of drug-likeness (QED) is 0.637. The molecule has 2 rings (SSSR count). The van der Waals surface area contributed by atoms with E-state index in [1.54, 1.807) is 0 Å². The summed E-state index contributed by atoms with van der Waals surface area (Å²) < 4.78 is 17.4. The molecule has 0 aromatic heterocycles. The van der Waals surface area contributed by atoms with E-state index in [2.05, 4.69) is 16.9 Å². The molecule has 0 spiro atoms. The van der Waals surface area contributed by atoms with Crippen LogP contribution in [-0.2, 0) is 20.6 Å². The van der Waals surface area contributed by atoms with Crippen LogP contribution in [0.4, 0.5) is 4.79 Å². The third kappa shape index (κ3) is 4.99. The van der Waals surface area contributed by atoms with Crippen molar-refractivity contribution >= 4 is 18.7 Å². The van der Waals surface area contributed by atoms with Crippen LogP contribution < -0.4 is 16.3 Å². The van der Waals surface area contributed by atoms with E-state index in [0.29, 0.717) is 6.54 Å². The van der Waals surface area contributed by atoms with Crippen LogP contribution in [0.3, 0.4) is 0 Å². The number of nitrogens with one attached hydrogen (secondary N) is 2. The summed E-state index contributed by atoms with van der Waals surface area (Å²) in [6.45, 7) is 16.2. The zero-order valence-electron chi connectivity index (χ0n) is 17.1. The van der Waals surface area contributed by atoms with Gasteiger partial charge in [-0.15, -0.1) is 0 Å². The zero-order valence-corrected chi connectivity index (χ0v) is 17.1. The van der Waals surface area contributed by atoms with Gasteiger partial charge < -0.3 is 14.0 Å². The average molecular weight is 362 g/mol. The lowest BCUT2D eigenvalue weighted by molar-refractivity contribution is 0.00578. The van der Waals surface area contributed by atoms with Gasteiger partial charge in [-0.2, -0.15) is 0 Å². The van der Waals surface area contributed by atoms with Crippen LogP contribution >= 0.6 is 0 Å². The highest BCUT2D eigenvalue weighted by Gasteiger charge is 2.51. The number of aryl methyl sites for hydroxylation is 1. The van der Waals surface area contributed by atoms with Gasteiger partial charge in [0, 0.05) is 6.54 Å². The lowest BCUT2D eigenvalue weighted by Gasteiger charge is -2.32. The van der Waals surface area contributed by atoms with Crippen LogP contribution in [0.25, 0.3) is 0 Å². The van der Waals surface area contributed by atoms with Crippen molar-refractivity contribution in [3.05, 3.63) is 29.3 Å². The van der Waals surface area contributed by atoms with E-state index < -0.39 is 11.7 Å². The van der Waals surface area contributed by atoms with Crippen molar-refractivity contribution < 1.29 is 18.8 Å². The molecule has 0 radical (unpaired) electrons. The molecule has 0 saturated carbocycles. The minimum atomic E-state index is -0.521. The van der Waals surface area contributed by atoms with Crippen molar-refractivity contribution in [1.29, 1.82) is 0 Å². The normalized spacial score (nSPS) is 18.7. The summed E-state index contributed by atoms with van der Waals surface area (Å²) in [5.74, 6) is 0. The SMILES string of the molecule is Cc1cc(CNNC(=O)OC(C)(C)C)ccc1B1OC(C)(C)C(C)(C)O1. The maximum absolute atomic E-state index is 11.6. The van der Waals surface area contributed by atoms with E-state index in [4.69, 9.17) is 14.0 Å². The first-order valence-electron chi connectivity index (χ1n) is 8.98. The molecule has 1 aliphatic rings. The van der Waals surface area contributed by atoms with Crippen LogP contribution in [0.15, 0.2) is 18.2 Å². The van der Waals surface area contributed by atoms with Gasteiger partial charge >= 0.3 is 13.2 Å². The fraction of sp³-hybridized carbons (Fsp3) is 0.632. The Morgan fingerprint density at radius 2 is 1.73 bits per heavy atom. The number of benzene rings is 1. The maximum atomic E-state index is 11.6. The minimum absolute atomic E-state index is 0.359. The molecule has 26 heavy (non-hydrogen) atoms. The van der Waals surface area contributed by atoms with Gasteiger partial charge in [0.15, 0.2) is 0 Å². The van der Waals surface area contributed by atoms with Gasteiger partial charge in [0.2, 0.25) is 0 Å². The van der Waals surface area contributed by atoms with Gasteiger partial charge in [0.05, 0.1) is 11.2 Å². The highest BCUT2D eigenvalue weighted by atomic mass is 16.7. The first-order valence-corrected chi connectivity index (χ1v) is 8.98. The Bertz CT molecular complexity index is 652. The van der Waals surface area contributed by atoms with Crippen molar-refractivity contribution in [3.63, 3.8) is 0 Å². The van der Waals surface area contributed by atoms with Crippen LogP contribution in [0.1, 0.15) is 59.6 Å². The van der Waals surface area contributed by atoms with Crippen LogP contribution in [0.2, 0.25) is 0 Å². The molecular formula is C19H31BN2O4. The summed E-state index contributed by atoms with van der Waals surface area (Å²) >= 11 is 0. The molecule has 0 aliphatic carbocycles. The number of hydrogen-bond acceptors (Lipinski definition) is 5. The molecule has 0 unspecified atom stereocenters. The molecule has 1 aromatic carbocycles. The third-order valence-electron chi connectivity index (χ3n) is 4.72. The molecule has 1 aliphatic heterocycles. The van der Waals surface area contributed by atoms with E-state index in [1.165, 1.54) is 0 Å². The van der Waals surface area contributed by atoms with Crippen molar-refractivity contribution in [2.24, 2.45) is 0 Å². The van der Waals surface area contributed by atoms with E-state index in [9.17, 15) is 4.79 Å². The van der Waals surface area contributed by atoms with Gasteiger partial charge in [-0.05, 0) is 66.4 Å². The molecule has 144 valence electrons. The highest BCUT2D eigenvalue weighted by Crippen LogP contribution is 2.36. The lowest BCUT2D eigenvalue weighted by atomic mass is 9.76. The second-order valence-electron chi connectivity index (χ2n) is 8.76. The summed E-state index contributed by atoms with van der Waals surface area (Å²) in [4.78, 5) is 11.6. The van der Waals surface area contributed by atoms with Gasteiger partial charge in [-0.3, -0.25) is 5.43 Å². The standard InChI is InChI=1S/C19H31BN2O4/c1-13-11-14(12-21-22-16(23)24-17(2,3)4)9-10-15(13)20-25-18(5,6)19(7,8)26-20/h9-11,21H,12H2,1-8H3,(H,22,23). The first-order chi connectivity index (χ1) is 11.8. The molecule has 6 nitrogen and oxygen atoms in total. The molecule has 7 heteroatoms. The average Bonchev–Trinajstić information content (AvgIpc) is 2.65. The zero-order chi connectivity index (χ0) is 19.8. The fourth-order valence-corrected chi connectivity index (χ4v) is 2.60. The largest absolute Gasteiger partial charge is 0.495 e. The Morgan fingerprint density at radius 3 is 2.23 bits per heavy atom. The van der Waals surface area contributed by atoms with Crippen LogP contribution in [0, 0.1) is 6.92 Å². The number of carbonyl (C=O) groups is 1. The number of amides is 1. The van der Waals surface area contributed by atoms with Crippen molar-refractivity contribution in [2.75, 3.05) is 0 Å². The Balaban J connectivity index is 1.95. The summed E-state index contributed by atoms with van der Waals surface area (Å²) in [6.07, 6.45) is -0.497. The molecular weight excluding hydrogens is 331 g/mol. The van der Waals surface area contributed by atoms with Gasteiger partial charge in [0.1, 0.15) is 5.60 Å². The number of ether oxygens (including phenoxy) is 1. The summed E-state index contributed by atoms with van der Waals surface area (Å²) in [5.41, 5.74) is 7.32. The van der Waals surface area contributed by atoms with E-state index >= 15 is 0 Å². The molecule has 1 fully saturated rings. The lowest BCUT2D eigenvalue weighted by Crippen LogP contribution is -2.41. The second kappa shape index (κ2) is 7.21. The smallest absolute Gasteiger partial charge is 0.443 e. The van der Waals surface area contributed by atoms with Gasteiger partial charge in [-0.1, -0.05) is 23.8 Å². The molecule has 2 N–H and O–H groups in total. The number of carbonyl (C=O) groups excluding carboxylic acids is 1. The predicted molar refractivity (Wildman–Crippen MR) is 103 cm³/mol. The number of hydrogen-bond donors (Lipinski definition) is 2. The topological polar surface area (TPSA) is 68.8 Å². The molecule has 1 heterocycles. The molecule has 0 bridgehead atoms. The Kier molecular flexibility index (Phi) is 5.76. The monoisotopic (exact) mass is 362 g/mol. The van der Waals surface area contributed by atoms with E-state index in [0.717, 1.165) is 16.6 Å². The van der Waals surface area contributed by atoms with Crippen molar-refractivity contribution in [1.82, 2.24) is 10.9 Å². The Labute approximate surface area is 157 Å². The predicted octanol–water partition coefficient (Wildman–Crippen LogP) is 2.82. The fourth-order valence-electron chi connectivity index (χ4n) is 2.60. The van der Waals surface area contributed by atoms with E-state index in [-0.39, 0.29) is 18.3 Å². The van der Waals surface area contributed by atoms with Crippen molar-refractivity contribution in [2.45, 2.75) is 78.7 Å². The molecule has 1 saturated heterocycles. The minimum Gasteiger partial charge on any atom is -0.443 e. The molecule has 1 aromatic rings. The molecule has 1 amide bonds. The van der Waals surface area contributed by atoms with Crippen LogP contribution in [-0.4, -0.2) is 30.0 Å². The second-order valence-corrected chi connectivity index (χ2v) is 8.76. The Hall–Kier alpha value is -1.57. The first kappa shape index (κ1) is 20.7. The summed E-state index contributed by atoms with van der Waals surface area (Å²) in [7, 11) is -0.373. The third-order valence-corrected chi connectivity index (χ3v) is 4.72. The van der Waals surface area contributed by atoms with Gasteiger partial charge in [0.25, 0.3) is 0 Å². The number of hydrazine groups is 1. The maximum Gasteiger partial charge on any atom is 0.495 e. The molecule has 0 atom stereocenters. The Morgan fingerprint density at radius 1 is 1.15 bits per heavy atom. The highest BCUT2D eigenvalue weighted by molar-refractivity contribution is 6.62. The van der Waals surface area contributed by atoms with E-state index in [1.807, 2.05) is 67.5 Å². The number of rotatable bonds is 4. The van der Waals surface area contributed by atoms with Crippen molar-refractivity contribution in [3.8, 4) is 0 Å². The summed E-state index contributed by atoms with van der Waals surface area (Å²) in [5, 5.41) is 0. The van der Waals surface area contributed by atoms with Gasteiger partial charge in [-0.25, -0.2) is 10.2 Å². The van der Waals surface area contributed by atoms with Crippen LogP contribution in [0.5, 0.6) is 0 Å². The summed E-state index contributed by atoms with van der Waals surface area (Å²) in [6, 6.07) is 6.07.